The van der Waals surface area contributed by atoms with Crippen LogP contribution in [0.1, 0.15) is 54.9 Å². The predicted octanol–water partition coefficient (Wildman–Crippen LogP) is 3.66. The highest BCUT2D eigenvalue weighted by Gasteiger charge is 2.56. The fourth-order valence-corrected chi connectivity index (χ4v) is 5.49. The van der Waals surface area contributed by atoms with E-state index in [1.54, 1.807) is 0 Å². The Morgan fingerprint density at radius 1 is 1.12 bits per heavy atom. The van der Waals surface area contributed by atoms with E-state index < -0.39 is 23.3 Å². The van der Waals surface area contributed by atoms with E-state index in [9.17, 15) is 23.1 Å². The maximum atomic E-state index is 13.4. The molecule has 0 aliphatic heterocycles. The molecule has 0 aromatic heterocycles. The Morgan fingerprint density at radius 3 is 2.16 bits per heavy atom. The molecule has 1 aromatic rings. The van der Waals surface area contributed by atoms with Crippen LogP contribution in [-0.2, 0) is 6.18 Å². The molecule has 4 bridgehead atoms. The third-order valence-electron chi connectivity index (χ3n) is 6.61. The summed E-state index contributed by atoms with van der Waals surface area (Å²) in [6.07, 6.45) is 0.602. The van der Waals surface area contributed by atoms with Crippen LogP contribution in [0.2, 0.25) is 0 Å². The SMILES string of the molecule is CC1(Oc2cc(C(=O)[O-])ccc2C(F)(F)F)C2CC3CC(C2)CC1C3. The third kappa shape index (κ3) is 2.70. The Kier molecular flexibility index (Phi) is 3.61. The van der Waals surface area contributed by atoms with Crippen molar-refractivity contribution in [2.45, 2.75) is 50.8 Å². The zero-order valence-electron chi connectivity index (χ0n) is 13.9. The van der Waals surface area contributed by atoms with Crippen molar-refractivity contribution < 1.29 is 27.8 Å². The first kappa shape index (κ1) is 16.7. The van der Waals surface area contributed by atoms with Crippen molar-refractivity contribution in [3.8, 4) is 5.75 Å². The van der Waals surface area contributed by atoms with Gasteiger partial charge in [-0.1, -0.05) is 6.07 Å². The number of rotatable bonds is 3. The van der Waals surface area contributed by atoms with E-state index >= 15 is 0 Å². The van der Waals surface area contributed by atoms with Crippen molar-refractivity contribution in [3.63, 3.8) is 0 Å². The molecule has 4 aliphatic carbocycles. The van der Waals surface area contributed by atoms with E-state index in [1.165, 1.54) is 6.42 Å². The molecule has 0 unspecified atom stereocenters. The summed E-state index contributed by atoms with van der Waals surface area (Å²) in [5, 5.41) is 11.1. The molecule has 136 valence electrons. The number of carboxylic acids is 1. The Labute approximate surface area is 144 Å². The van der Waals surface area contributed by atoms with Crippen molar-refractivity contribution in [1.29, 1.82) is 0 Å². The number of alkyl halides is 3. The first-order valence-corrected chi connectivity index (χ1v) is 8.78. The van der Waals surface area contributed by atoms with Crippen molar-refractivity contribution in [3.05, 3.63) is 29.3 Å². The average Bonchev–Trinajstić information content (AvgIpc) is 2.51. The molecule has 0 atom stereocenters. The lowest BCUT2D eigenvalue weighted by Gasteiger charge is -2.59. The summed E-state index contributed by atoms with van der Waals surface area (Å²) in [6, 6.07) is 2.67. The fourth-order valence-electron chi connectivity index (χ4n) is 5.49. The quantitative estimate of drug-likeness (QED) is 0.833. The van der Waals surface area contributed by atoms with Gasteiger partial charge in [-0.3, -0.25) is 0 Å². The molecule has 5 rings (SSSR count). The van der Waals surface area contributed by atoms with Crippen LogP contribution in [-0.4, -0.2) is 11.6 Å². The molecule has 0 saturated heterocycles. The van der Waals surface area contributed by atoms with E-state index in [2.05, 4.69) is 0 Å². The number of benzene rings is 1. The molecule has 4 saturated carbocycles. The van der Waals surface area contributed by atoms with Crippen molar-refractivity contribution in [1.82, 2.24) is 0 Å². The maximum Gasteiger partial charge on any atom is 0.419 e. The van der Waals surface area contributed by atoms with Crippen LogP contribution >= 0.6 is 0 Å². The zero-order valence-corrected chi connectivity index (χ0v) is 13.9. The summed E-state index contributed by atoms with van der Waals surface area (Å²) >= 11 is 0. The summed E-state index contributed by atoms with van der Waals surface area (Å²) in [6.45, 7) is 1.91. The van der Waals surface area contributed by atoms with Gasteiger partial charge in [0.15, 0.2) is 0 Å². The second kappa shape index (κ2) is 5.39. The van der Waals surface area contributed by atoms with Crippen LogP contribution < -0.4 is 9.84 Å². The average molecular weight is 353 g/mol. The molecule has 4 aliphatic rings. The van der Waals surface area contributed by atoms with Crippen LogP contribution in [0.15, 0.2) is 18.2 Å². The monoisotopic (exact) mass is 353 g/mol. The summed E-state index contributed by atoms with van der Waals surface area (Å²) in [5.41, 5.74) is -1.89. The van der Waals surface area contributed by atoms with E-state index in [4.69, 9.17) is 4.74 Å². The molecule has 0 heterocycles. The number of hydrogen-bond acceptors (Lipinski definition) is 3. The molecule has 0 N–H and O–H groups in total. The van der Waals surface area contributed by atoms with Gasteiger partial charge in [0.05, 0.1) is 11.5 Å². The molecule has 6 heteroatoms. The topological polar surface area (TPSA) is 49.4 Å². The van der Waals surface area contributed by atoms with E-state index in [1.807, 2.05) is 6.92 Å². The first-order chi connectivity index (χ1) is 11.7. The predicted molar refractivity (Wildman–Crippen MR) is 81.9 cm³/mol. The Balaban J connectivity index is 1.72. The van der Waals surface area contributed by atoms with Crippen molar-refractivity contribution in [2.24, 2.45) is 23.7 Å². The number of hydrogen-bond donors (Lipinski definition) is 0. The van der Waals surface area contributed by atoms with Gasteiger partial charge in [0, 0.05) is 5.56 Å². The van der Waals surface area contributed by atoms with Gasteiger partial charge in [0.2, 0.25) is 0 Å². The summed E-state index contributed by atoms with van der Waals surface area (Å²) in [4.78, 5) is 11.1. The minimum Gasteiger partial charge on any atom is -0.545 e. The number of halogens is 3. The van der Waals surface area contributed by atoms with Gasteiger partial charge in [-0.25, -0.2) is 0 Å². The van der Waals surface area contributed by atoms with E-state index in [0.717, 1.165) is 43.9 Å². The number of carboxylic acid groups (broad SMARTS) is 1. The van der Waals surface area contributed by atoms with Gasteiger partial charge in [-0.15, -0.1) is 0 Å². The summed E-state index contributed by atoms with van der Waals surface area (Å²) in [5.74, 6) is -0.0995. The molecule has 0 spiro atoms. The van der Waals surface area contributed by atoms with Crippen molar-refractivity contribution in [2.75, 3.05) is 0 Å². The highest BCUT2D eigenvalue weighted by Crippen LogP contribution is 2.59. The van der Waals surface area contributed by atoms with Gasteiger partial charge in [0.25, 0.3) is 0 Å². The lowest BCUT2D eigenvalue weighted by atomic mass is 9.50. The lowest BCUT2D eigenvalue weighted by molar-refractivity contribution is -0.255. The molecule has 0 radical (unpaired) electrons. The third-order valence-corrected chi connectivity index (χ3v) is 6.61. The van der Waals surface area contributed by atoms with Gasteiger partial charge >= 0.3 is 6.18 Å². The molecular formula is C19H20F3O3-. The number of carbonyl (C=O) groups excluding carboxylic acids is 1. The molecule has 25 heavy (non-hydrogen) atoms. The standard InChI is InChI=1S/C19H21F3O3/c1-18(13-5-10-4-11(7-13)8-14(18)6-10)25-16-9-12(17(23)24)2-3-15(16)19(20,21)22/h2-3,9-11,13-14H,4-8H2,1H3,(H,23,24)/p-1. The van der Waals surface area contributed by atoms with Gasteiger partial charge in [-0.05, 0) is 74.8 Å². The van der Waals surface area contributed by atoms with Crippen LogP contribution in [0.4, 0.5) is 13.2 Å². The Morgan fingerprint density at radius 2 is 1.68 bits per heavy atom. The minimum absolute atomic E-state index is 0.233. The normalized spacial score (nSPS) is 36.5. The minimum atomic E-state index is -4.60. The highest BCUT2D eigenvalue weighted by atomic mass is 19.4. The highest BCUT2D eigenvalue weighted by molar-refractivity contribution is 5.86. The molecule has 4 fully saturated rings. The van der Waals surface area contributed by atoms with Gasteiger partial charge in [0.1, 0.15) is 11.4 Å². The molecule has 3 nitrogen and oxygen atoms in total. The van der Waals surface area contributed by atoms with E-state index in [-0.39, 0.29) is 23.1 Å². The second-order valence-corrected chi connectivity index (χ2v) is 8.09. The Bertz CT molecular complexity index is 682. The summed E-state index contributed by atoms with van der Waals surface area (Å²) < 4.78 is 46.1. The van der Waals surface area contributed by atoms with Crippen LogP contribution in [0, 0.1) is 23.7 Å². The number of ether oxygens (including phenoxy) is 1. The maximum absolute atomic E-state index is 13.4. The van der Waals surface area contributed by atoms with Crippen LogP contribution in [0.3, 0.4) is 0 Å². The van der Waals surface area contributed by atoms with Crippen LogP contribution in [0.5, 0.6) is 5.75 Å². The number of aromatic carboxylic acids is 1. The zero-order chi connectivity index (χ0) is 18.0. The molecular weight excluding hydrogens is 333 g/mol. The van der Waals surface area contributed by atoms with Gasteiger partial charge < -0.3 is 14.6 Å². The summed E-state index contributed by atoms with van der Waals surface area (Å²) in [7, 11) is 0. The smallest absolute Gasteiger partial charge is 0.419 e. The largest absolute Gasteiger partial charge is 0.545 e. The van der Waals surface area contributed by atoms with Crippen molar-refractivity contribution >= 4 is 5.97 Å². The Hall–Kier alpha value is -1.72. The van der Waals surface area contributed by atoms with Gasteiger partial charge in [-0.2, -0.15) is 13.2 Å². The van der Waals surface area contributed by atoms with E-state index in [0.29, 0.717) is 11.8 Å². The molecule has 0 amide bonds. The first-order valence-electron chi connectivity index (χ1n) is 8.78. The second-order valence-electron chi connectivity index (χ2n) is 8.09. The number of carbonyl (C=O) groups is 1. The fraction of sp³-hybridized carbons (Fsp3) is 0.632. The van der Waals surface area contributed by atoms with Crippen LogP contribution in [0.25, 0.3) is 0 Å². The lowest BCUT2D eigenvalue weighted by Crippen LogP contribution is -2.59. The molecule has 1 aromatic carbocycles.